The lowest BCUT2D eigenvalue weighted by Crippen LogP contribution is -2.02. The van der Waals surface area contributed by atoms with Crippen LogP contribution in [-0.2, 0) is 0 Å². The standard InChI is InChI=1S/CH2BrSi3/c2-1-4-5-3/h1H2. The van der Waals surface area contributed by atoms with E-state index < -0.39 is 0 Å². The van der Waals surface area contributed by atoms with E-state index >= 15 is 0 Å². The topological polar surface area (TPSA) is 0 Å². The second kappa shape index (κ2) is 5.13. The maximum Gasteiger partial charge on any atom is 0.0323 e. The highest BCUT2D eigenvalue weighted by Gasteiger charge is 1.74. The molecule has 5 heavy (non-hydrogen) atoms. The van der Waals surface area contributed by atoms with Crippen LogP contribution in [0, 0.1) is 0 Å². The molecule has 0 rings (SSSR count). The van der Waals surface area contributed by atoms with E-state index in [1.807, 2.05) is 0 Å². The predicted octanol–water partition coefficient (Wildman–Crippen LogP) is -0.254. The smallest absolute Gasteiger partial charge is 0.0323 e. The fraction of sp³-hybridized carbons (Fsp3) is 1.00. The first kappa shape index (κ1) is 6.13. The van der Waals surface area contributed by atoms with Crippen LogP contribution in [0.4, 0.5) is 0 Å². The summed E-state index contributed by atoms with van der Waals surface area (Å²) in [7, 11) is 5.36. The Morgan fingerprint density at radius 1 is 1.80 bits per heavy atom. The van der Waals surface area contributed by atoms with Crippen molar-refractivity contribution in [3.05, 3.63) is 0 Å². The van der Waals surface area contributed by atoms with Crippen molar-refractivity contribution in [2.45, 2.75) is 0 Å². The first-order chi connectivity index (χ1) is 2.41. The van der Waals surface area contributed by atoms with Crippen LogP contribution in [0.2, 0.25) is 0 Å². The summed E-state index contributed by atoms with van der Waals surface area (Å²) < 4.78 is 0. The molecule has 7 radical (unpaired) electrons. The van der Waals surface area contributed by atoms with Gasteiger partial charge in [0.1, 0.15) is 0 Å². The maximum atomic E-state index is 3.36. The molecule has 4 heteroatoms. The Hall–Kier alpha value is 1.13. The van der Waals surface area contributed by atoms with E-state index in [0.717, 1.165) is 22.5 Å². The molecule has 0 aromatic heterocycles. The third-order valence-corrected chi connectivity index (χ3v) is 5.51. The summed E-state index contributed by atoms with van der Waals surface area (Å²) in [6, 6.07) is 0. The molecule has 0 aliphatic rings. The van der Waals surface area contributed by atoms with Crippen LogP contribution in [0.1, 0.15) is 0 Å². The Labute approximate surface area is 48.5 Å². The molecule has 0 heterocycles. The fourth-order valence-corrected chi connectivity index (χ4v) is 4.69. The van der Waals surface area contributed by atoms with Gasteiger partial charge in [0.15, 0.2) is 0 Å². The van der Waals surface area contributed by atoms with Crippen molar-refractivity contribution in [3.63, 3.8) is 0 Å². The molecule has 0 N–H and O–H groups in total. The van der Waals surface area contributed by atoms with E-state index in [4.69, 9.17) is 0 Å². The largest absolute Gasteiger partial charge is 0.0971 e. The van der Waals surface area contributed by atoms with Crippen molar-refractivity contribution in [2.75, 3.05) is 4.95 Å². The average molecular weight is 178 g/mol. The van der Waals surface area contributed by atoms with Gasteiger partial charge in [-0.2, -0.15) is 0 Å². The summed E-state index contributed by atoms with van der Waals surface area (Å²) in [5.74, 6) is 0. The zero-order valence-corrected chi connectivity index (χ0v) is 7.17. The highest BCUT2D eigenvalue weighted by Crippen LogP contribution is 1.69. The van der Waals surface area contributed by atoms with Gasteiger partial charge in [-0.3, -0.25) is 0 Å². The van der Waals surface area contributed by atoms with E-state index in [-0.39, 0.29) is 0 Å². The van der Waals surface area contributed by atoms with Gasteiger partial charge in [0.25, 0.3) is 0 Å². The summed E-state index contributed by atoms with van der Waals surface area (Å²) in [6.07, 6.45) is 0. The molecule has 0 bridgehead atoms. The highest BCUT2D eigenvalue weighted by atomic mass is 79.9. The van der Waals surface area contributed by atoms with Gasteiger partial charge in [0.05, 0.1) is 0 Å². The zero-order valence-electron chi connectivity index (χ0n) is 2.59. The van der Waals surface area contributed by atoms with Crippen molar-refractivity contribution in [3.8, 4) is 0 Å². The van der Waals surface area contributed by atoms with Gasteiger partial charge in [-0.15, -0.1) is 0 Å². The van der Waals surface area contributed by atoms with Crippen molar-refractivity contribution < 1.29 is 0 Å². The lowest BCUT2D eigenvalue weighted by Gasteiger charge is -1.73. The summed E-state index contributed by atoms with van der Waals surface area (Å²) in [4.78, 5) is 1.15. The van der Waals surface area contributed by atoms with E-state index in [0.29, 0.717) is 0 Å². The van der Waals surface area contributed by atoms with Crippen LogP contribution in [0.3, 0.4) is 0 Å². The molecule has 0 fully saturated rings. The zero-order chi connectivity index (χ0) is 4.12. The van der Waals surface area contributed by atoms with E-state index in [2.05, 4.69) is 25.7 Å². The fourth-order valence-electron chi connectivity index (χ4n) is 0.0334. The second-order valence-electron chi connectivity index (χ2n) is 0.435. The molecule has 0 aromatic carbocycles. The van der Waals surface area contributed by atoms with E-state index in [1.54, 1.807) is 0 Å². The van der Waals surface area contributed by atoms with Crippen LogP contribution in [0.25, 0.3) is 0 Å². The minimum atomic E-state index is 0.944. The average Bonchev–Trinajstić information content (AvgIpc) is 1.41. The van der Waals surface area contributed by atoms with Crippen LogP contribution >= 0.6 is 15.9 Å². The molecule has 0 saturated carbocycles. The summed E-state index contributed by atoms with van der Waals surface area (Å²) in [5, 5.41) is 0. The number of halogens is 1. The monoisotopic (exact) mass is 177 g/mol. The Morgan fingerprint density at radius 2 is 2.40 bits per heavy atom. The Morgan fingerprint density at radius 3 is 2.40 bits per heavy atom. The van der Waals surface area contributed by atoms with Gasteiger partial charge in [-0.1, -0.05) is 15.9 Å². The highest BCUT2D eigenvalue weighted by molar-refractivity contribution is 9.09. The lowest BCUT2D eigenvalue weighted by molar-refractivity contribution is 2.29. The SMILES string of the molecule is [Si][Si][Si]CBr. The first-order valence-electron chi connectivity index (χ1n) is 1.12. The molecule has 25 valence electrons. The molecule has 0 nitrogen and oxygen atoms in total. The normalized spacial score (nSPS) is 8.40. The molecule has 0 aliphatic heterocycles. The van der Waals surface area contributed by atoms with Crippen LogP contribution in [-0.4, -0.2) is 32.3 Å². The van der Waals surface area contributed by atoms with E-state index in [1.165, 1.54) is 0 Å². The quantitative estimate of drug-likeness (QED) is 0.404. The molecule has 0 aromatic rings. The molecule has 0 saturated heterocycles. The molecular weight excluding hydrogens is 176 g/mol. The van der Waals surface area contributed by atoms with Gasteiger partial charge >= 0.3 is 0 Å². The lowest BCUT2D eigenvalue weighted by atomic mass is 11.9. The van der Waals surface area contributed by atoms with Crippen LogP contribution in [0.15, 0.2) is 0 Å². The summed E-state index contributed by atoms with van der Waals surface area (Å²) in [5.41, 5.74) is 0. The van der Waals surface area contributed by atoms with Crippen molar-refractivity contribution in [2.24, 2.45) is 0 Å². The molecule has 0 unspecified atom stereocenters. The van der Waals surface area contributed by atoms with Gasteiger partial charge < -0.3 is 0 Å². The molecule has 0 aliphatic carbocycles. The second-order valence-corrected chi connectivity index (χ2v) is 7.05. The number of hydrogen-bond donors (Lipinski definition) is 0. The minimum Gasteiger partial charge on any atom is -0.0971 e. The molecule has 0 atom stereocenters. The van der Waals surface area contributed by atoms with E-state index in [9.17, 15) is 0 Å². The molecule has 0 amide bonds. The van der Waals surface area contributed by atoms with Crippen LogP contribution in [0.5, 0.6) is 0 Å². The van der Waals surface area contributed by atoms with Crippen molar-refractivity contribution >= 4 is 43.3 Å². The van der Waals surface area contributed by atoms with Gasteiger partial charge in [0.2, 0.25) is 0 Å². The third-order valence-electron chi connectivity index (χ3n) is 0.155. The van der Waals surface area contributed by atoms with Gasteiger partial charge in [-0.05, 0) is 4.95 Å². The van der Waals surface area contributed by atoms with Gasteiger partial charge in [-0.25, -0.2) is 0 Å². The van der Waals surface area contributed by atoms with Gasteiger partial charge in [0, 0.05) is 27.4 Å². The van der Waals surface area contributed by atoms with Crippen LogP contribution < -0.4 is 0 Å². The number of hydrogen-bond acceptors (Lipinski definition) is 0. The maximum absolute atomic E-state index is 3.36. The first-order valence-corrected chi connectivity index (χ1v) is 6.95. The molecular formula is CH2BrSi3. The number of alkyl halides is 1. The number of rotatable bonds is 2. The Bertz CT molecular complexity index is 14.4. The minimum absolute atomic E-state index is 0.944. The third kappa shape index (κ3) is 5.13. The Balaban J connectivity index is 2.19. The van der Waals surface area contributed by atoms with Crippen molar-refractivity contribution in [1.29, 1.82) is 0 Å². The predicted molar refractivity (Wildman–Crippen MR) is 31.1 cm³/mol. The summed E-state index contributed by atoms with van der Waals surface area (Å²) in [6.45, 7) is 0. The molecule has 0 spiro atoms. The van der Waals surface area contributed by atoms with Crippen molar-refractivity contribution in [1.82, 2.24) is 0 Å². The summed E-state index contributed by atoms with van der Waals surface area (Å²) >= 11 is 3.30. The Kier molecular flexibility index (Phi) is 6.29.